The van der Waals surface area contributed by atoms with Gasteiger partial charge in [-0.05, 0) is 45.1 Å². The smallest absolute Gasteiger partial charge is 0.263 e. The largest absolute Gasteiger partial charge is 0.344 e. The van der Waals surface area contributed by atoms with E-state index in [1.807, 2.05) is 13.8 Å². The second-order valence-electron chi connectivity index (χ2n) is 6.76. The lowest BCUT2D eigenvalue weighted by atomic mass is 9.97. The van der Waals surface area contributed by atoms with Crippen molar-refractivity contribution < 1.29 is 4.79 Å². The maximum atomic E-state index is 13.1. The van der Waals surface area contributed by atoms with Gasteiger partial charge in [0.1, 0.15) is 4.83 Å². The molecule has 1 aliphatic rings. The summed E-state index contributed by atoms with van der Waals surface area (Å²) in [6.07, 6.45) is 4.60. The molecule has 1 atom stereocenters. The molecule has 0 spiro atoms. The molecule has 6 nitrogen and oxygen atoms in total. The summed E-state index contributed by atoms with van der Waals surface area (Å²) in [5.74, 6) is -0.0577. The number of aryl methyl sites for hydroxylation is 2. The first kappa shape index (κ1) is 19.9. The van der Waals surface area contributed by atoms with E-state index in [9.17, 15) is 9.59 Å². The number of rotatable bonds is 6. The SMILES string of the molecule is CCn1c(S[C@@H](C)C(=O)N(C)CCC#N)nc2sc3c(c2c1=O)CCCC3. The summed E-state index contributed by atoms with van der Waals surface area (Å²) >= 11 is 2.95. The van der Waals surface area contributed by atoms with Gasteiger partial charge in [-0.2, -0.15) is 5.26 Å². The average molecular weight is 405 g/mol. The fourth-order valence-corrected chi connectivity index (χ4v) is 5.83. The first-order chi connectivity index (χ1) is 13.0. The van der Waals surface area contributed by atoms with Crippen LogP contribution in [0.1, 0.15) is 43.6 Å². The van der Waals surface area contributed by atoms with E-state index in [1.165, 1.54) is 28.6 Å². The van der Waals surface area contributed by atoms with Gasteiger partial charge < -0.3 is 4.90 Å². The molecule has 0 aromatic carbocycles. The average Bonchev–Trinajstić information content (AvgIpc) is 3.04. The lowest BCUT2D eigenvalue weighted by molar-refractivity contribution is -0.128. The van der Waals surface area contributed by atoms with Crippen molar-refractivity contribution in [2.75, 3.05) is 13.6 Å². The molecule has 27 heavy (non-hydrogen) atoms. The second-order valence-corrected chi connectivity index (χ2v) is 9.15. The predicted molar refractivity (Wildman–Crippen MR) is 109 cm³/mol. The van der Waals surface area contributed by atoms with Crippen molar-refractivity contribution in [2.24, 2.45) is 0 Å². The van der Waals surface area contributed by atoms with Gasteiger partial charge in [-0.1, -0.05) is 11.8 Å². The van der Waals surface area contributed by atoms with Crippen molar-refractivity contribution in [2.45, 2.75) is 62.9 Å². The van der Waals surface area contributed by atoms with Crippen LogP contribution in [-0.4, -0.2) is 39.2 Å². The topological polar surface area (TPSA) is 79.0 Å². The molecule has 2 heterocycles. The molecule has 3 rings (SSSR count). The maximum Gasteiger partial charge on any atom is 0.263 e. The van der Waals surface area contributed by atoms with Crippen LogP contribution in [0.25, 0.3) is 10.2 Å². The molecule has 0 bridgehead atoms. The number of amides is 1. The molecule has 0 radical (unpaired) electrons. The molecule has 0 saturated carbocycles. The van der Waals surface area contributed by atoms with Crippen LogP contribution in [0.2, 0.25) is 0 Å². The molecule has 0 saturated heterocycles. The van der Waals surface area contributed by atoms with Crippen LogP contribution >= 0.6 is 23.1 Å². The summed E-state index contributed by atoms with van der Waals surface area (Å²) in [6, 6.07) is 2.05. The quantitative estimate of drug-likeness (QED) is 0.546. The van der Waals surface area contributed by atoms with Crippen LogP contribution in [0, 0.1) is 11.3 Å². The summed E-state index contributed by atoms with van der Waals surface area (Å²) in [5, 5.41) is 9.71. The molecule has 144 valence electrons. The molecule has 0 unspecified atom stereocenters. The Morgan fingerprint density at radius 3 is 2.89 bits per heavy atom. The zero-order valence-corrected chi connectivity index (χ0v) is 17.6. The molecule has 1 aliphatic carbocycles. The lowest BCUT2D eigenvalue weighted by Gasteiger charge is -2.20. The van der Waals surface area contributed by atoms with Gasteiger partial charge in [-0.3, -0.25) is 14.2 Å². The summed E-state index contributed by atoms with van der Waals surface area (Å²) in [6.45, 7) is 4.69. The number of nitriles is 1. The van der Waals surface area contributed by atoms with E-state index in [1.54, 1.807) is 27.9 Å². The van der Waals surface area contributed by atoms with Crippen molar-refractivity contribution in [3.05, 3.63) is 20.8 Å². The standard InChI is InChI=1S/C19H24N4O2S2/c1-4-23-18(25)15-13-8-5-6-9-14(13)27-16(15)21-19(23)26-12(2)17(24)22(3)11-7-10-20/h12H,4-9,11H2,1-3H3/t12-/m0/s1. The molecule has 8 heteroatoms. The van der Waals surface area contributed by atoms with E-state index in [0.29, 0.717) is 24.7 Å². The lowest BCUT2D eigenvalue weighted by Crippen LogP contribution is -2.34. The fraction of sp³-hybridized carbons (Fsp3) is 0.579. The fourth-order valence-electron chi connectivity index (χ4n) is 3.44. The Labute approximate surface area is 167 Å². The third kappa shape index (κ3) is 3.90. The highest BCUT2D eigenvalue weighted by Gasteiger charge is 2.25. The number of hydrogen-bond acceptors (Lipinski definition) is 6. The van der Waals surface area contributed by atoms with Gasteiger partial charge in [0.05, 0.1) is 23.1 Å². The van der Waals surface area contributed by atoms with Gasteiger partial charge in [0.2, 0.25) is 5.91 Å². The summed E-state index contributed by atoms with van der Waals surface area (Å²) < 4.78 is 1.69. The first-order valence-electron chi connectivity index (χ1n) is 9.31. The third-order valence-electron chi connectivity index (χ3n) is 4.92. The number of carbonyl (C=O) groups is 1. The van der Waals surface area contributed by atoms with Gasteiger partial charge in [0, 0.05) is 25.0 Å². The van der Waals surface area contributed by atoms with Crippen LogP contribution in [-0.2, 0) is 24.2 Å². The Bertz CT molecular complexity index is 957. The van der Waals surface area contributed by atoms with Crippen LogP contribution in [0.4, 0.5) is 0 Å². The molecule has 0 fully saturated rings. The molecule has 0 aliphatic heterocycles. The van der Waals surface area contributed by atoms with Crippen LogP contribution in [0.15, 0.2) is 9.95 Å². The molecule has 2 aromatic heterocycles. The summed E-state index contributed by atoms with van der Waals surface area (Å²) in [4.78, 5) is 34.1. The highest BCUT2D eigenvalue weighted by atomic mass is 32.2. The van der Waals surface area contributed by atoms with Gasteiger partial charge in [-0.15, -0.1) is 11.3 Å². The first-order valence-corrected chi connectivity index (χ1v) is 11.0. The molecular weight excluding hydrogens is 380 g/mol. The number of nitrogens with zero attached hydrogens (tertiary/aromatic N) is 4. The Morgan fingerprint density at radius 2 is 2.19 bits per heavy atom. The van der Waals surface area contributed by atoms with Gasteiger partial charge in [0.15, 0.2) is 5.16 Å². The minimum absolute atomic E-state index is 0.0156. The number of thiophene rings is 1. The monoisotopic (exact) mass is 404 g/mol. The van der Waals surface area contributed by atoms with Crippen LogP contribution in [0.3, 0.4) is 0 Å². The Kier molecular flexibility index (Phi) is 6.22. The van der Waals surface area contributed by atoms with Gasteiger partial charge in [0.25, 0.3) is 5.56 Å². The number of hydrogen-bond donors (Lipinski definition) is 0. The van der Waals surface area contributed by atoms with E-state index >= 15 is 0 Å². The van der Waals surface area contributed by atoms with Gasteiger partial charge in [-0.25, -0.2) is 4.98 Å². The van der Waals surface area contributed by atoms with Crippen molar-refractivity contribution in [3.8, 4) is 6.07 Å². The number of carbonyl (C=O) groups excluding carboxylic acids is 1. The molecule has 2 aromatic rings. The highest BCUT2D eigenvalue weighted by molar-refractivity contribution is 8.00. The number of aromatic nitrogens is 2. The third-order valence-corrected chi connectivity index (χ3v) is 7.18. The van der Waals surface area contributed by atoms with E-state index in [2.05, 4.69) is 6.07 Å². The minimum Gasteiger partial charge on any atom is -0.344 e. The molecule has 0 N–H and O–H groups in total. The second kappa shape index (κ2) is 8.44. The molecule has 1 amide bonds. The Morgan fingerprint density at radius 1 is 1.44 bits per heavy atom. The molecular formula is C19H24N4O2S2. The Balaban J connectivity index is 1.94. The van der Waals surface area contributed by atoms with Crippen molar-refractivity contribution in [1.82, 2.24) is 14.5 Å². The number of thioether (sulfide) groups is 1. The van der Waals surface area contributed by atoms with Crippen molar-refractivity contribution >= 4 is 39.2 Å². The van der Waals surface area contributed by atoms with E-state index in [-0.39, 0.29) is 16.7 Å². The zero-order valence-electron chi connectivity index (χ0n) is 15.9. The zero-order chi connectivity index (χ0) is 19.6. The van der Waals surface area contributed by atoms with Crippen molar-refractivity contribution in [1.29, 1.82) is 5.26 Å². The van der Waals surface area contributed by atoms with E-state index < -0.39 is 0 Å². The van der Waals surface area contributed by atoms with Gasteiger partial charge >= 0.3 is 0 Å². The van der Waals surface area contributed by atoms with E-state index in [4.69, 9.17) is 10.2 Å². The normalized spacial score (nSPS) is 14.6. The maximum absolute atomic E-state index is 13.1. The van der Waals surface area contributed by atoms with Crippen LogP contribution in [0.5, 0.6) is 0 Å². The van der Waals surface area contributed by atoms with E-state index in [0.717, 1.165) is 29.5 Å². The Hall–Kier alpha value is -1.85. The number of fused-ring (bicyclic) bond motifs is 3. The minimum atomic E-state index is -0.370. The van der Waals surface area contributed by atoms with Crippen LogP contribution < -0.4 is 5.56 Å². The summed E-state index contributed by atoms with van der Waals surface area (Å²) in [5.41, 5.74) is 1.21. The van der Waals surface area contributed by atoms with Crippen molar-refractivity contribution in [3.63, 3.8) is 0 Å². The highest BCUT2D eigenvalue weighted by Crippen LogP contribution is 2.35. The predicted octanol–water partition coefficient (Wildman–Crippen LogP) is 3.21. The summed E-state index contributed by atoms with van der Waals surface area (Å²) in [7, 11) is 1.70.